The number of aliphatic hydroxyl groups is 1. The van der Waals surface area contributed by atoms with Gasteiger partial charge in [0.2, 0.25) is 0 Å². The minimum absolute atomic E-state index is 0.0867. The summed E-state index contributed by atoms with van der Waals surface area (Å²) in [5, 5.41) is 12.8. The van der Waals surface area contributed by atoms with Crippen molar-refractivity contribution >= 4 is 22.4 Å². The van der Waals surface area contributed by atoms with Crippen molar-refractivity contribution in [3.8, 4) is 5.75 Å². The maximum atomic E-state index is 8.66. The molecule has 1 rings (SSSR count). The molecule has 1 aromatic heterocycles. The molecule has 0 aliphatic heterocycles. The lowest BCUT2D eigenvalue weighted by atomic mass is 10.2. The summed E-state index contributed by atoms with van der Waals surface area (Å²) in [5.74, 6) is 1.11. The van der Waals surface area contributed by atoms with Crippen LogP contribution in [0.15, 0.2) is 0 Å². The average Bonchev–Trinajstić information content (AvgIpc) is 2.60. The highest BCUT2D eigenvalue weighted by Crippen LogP contribution is 2.35. The molecule has 6 heteroatoms. The fraction of sp³-hybridized carbons (Fsp3) is 0.727. The molecule has 0 saturated carbocycles. The molecule has 5 nitrogen and oxygen atoms in total. The van der Waals surface area contributed by atoms with E-state index in [9.17, 15) is 0 Å². The SMILES string of the molecule is CC(C)Oc1c(N)nsc1NCCCCCO. The molecule has 1 heterocycles. The van der Waals surface area contributed by atoms with Crippen molar-refractivity contribution in [1.82, 2.24) is 4.37 Å². The second-order valence-corrected chi connectivity index (χ2v) is 4.88. The summed E-state index contributed by atoms with van der Waals surface area (Å²) in [4.78, 5) is 0. The van der Waals surface area contributed by atoms with Gasteiger partial charge in [0, 0.05) is 13.2 Å². The Labute approximate surface area is 106 Å². The van der Waals surface area contributed by atoms with Crippen LogP contribution in [0.3, 0.4) is 0 Å². The third-order valence-electron chi connectivity index (χ3n) is 2.15. The van der Waals surface area contributed by atoms with Crippen LogP contribution in [0.1, 0.15) is 33.1 Å². The second-order valence-electron chi connectivity index (χ2n) is 4.10. The monoisotopic (exact) mass is 259 g/mol. The molecule has 0 spiro atoms. The molecule has 0 radical (unpaired) electrons. The number of nitrogens with zero attached hydrogens (tertiary/aromatic N) is 1. The first-order valence-electron chi connectivity index (χ1n) is 5.91. The van der Waals surface area contributed by atoms with Crippen LogP contribution < -0.4 is 15.8 Å². The summed E-state index contributed by atoms with van der Waals surface area (Å²) >= 11 is 1.32. The van der Waals surface area contributed by atoms with Crippen LogP contribution in [0.2, 0.25) is 0 Å². The van der Waals surface area contributed by atoms with E-state index < -0.39 is 0 Å². The standard InChI is InChI=1S/C11H21N3O2S/c1-8(2)16-9-10(12)14-17-11(9)13-6-4-3-5-7-15/h8,13,15H,3-7H2,1-2H3,(H2,12,14). The van der Waals surface area contributed by atoms with Crippen molar-refractivity contribution in [2.75, 3.05) is 24.2 Å². The van der Waals surface area contributed by atoms with Gasteiger partial charge < -0.3 is 20.9 Å². The van der Waals surface area contributed by atoms with Gasteiger partial charge in [-0.2, -0.15) is 4.37 Å². The predicted molar refractivity (Wildman–Crippen MR) is 71.7 cm³/mol. The largest absolute Gasteiger partial charge is 0.484 e. The topological polar surface area (TPSA) is 80.4 Å². The van der Waals surface area contributed by atoms with Gasteiger partial charge >= 0.3 is 0 Å². The lowest BCUT2D eigenvalue weighted by Crippen LogP contribution is -2.09. The number of nitrogens with one attached hydrogen (secondary N) is 1. The van der Waals surface area contributed by atoms with Crippen LogP contribution in [-0.2, 0) is 0 Å². The number of aliphatic hydroxyl groups excluding tert-OH is 1. The van der Waals surface area contributed by atoms with E-state index in [1.807, 2.05) is 13.8 Å². The molecule has 17 heavy (non-hydrogen) atoms. The summed E-state index contributed by atoms with van der Waals surface area (Å²) in [5.41, 5.74) is 5.74. The van der Waals surface area contributed by atoms with Gasteiger partial charge in [-0.05, 0) is 44.6 Å². The molecule has 98 valence electrons. The lowest BCUT2D eigenvalue weighted by molar-refractivity contribution is 0.245. The Morgan fingerprint density at radius 3 is 2.82 bits per heavy atom. The van der Waals surface area contributed by atoms with Gasteiger partial charge in [-0.15, -0.1) is 0 Å². The van der Waals surface area contributed by atoms with Gasteiger partial charge in [-0.3, -0.25) is 0 Å². The number of hydrogen-bond donors (Lipinski definition) is 3. The fourth-order valence-corrected chi connectivity index (χ4v) is 2.05. The van der Waals surface area contributed by atoms with Gasteiger partial charge in [0.1, 0.15) is 0 Å². The first-order valence-corrected chi connectivity index (χ1v) is 6.69. The van der Waals surface area contributed by atoms with E-state index in [1.54, 1.807) is 0 Å². The molecule has 0 amide bonds. The molecular formula is C11H21N3O2S. The molecule has 0 bridgehead atoms. The zero-order valence-electron chi connectivity index (χ0n) is 10.4. The van der Waals surface area contributed by atoms with Gasteiger partial charge in [0.15, 0.2) is 16.6 Å². The van der Waals surface area contributed by atoms with Crippen LogP contribution >= 0.6 is 11.5 Å². The molecule has 0 aromatic carbocycles. The van der Waals surface area contributed by atoms with Gasteiger partial charge in [-0.1, -0.05) is 0 Å². The van der Waals surface area contributed by atoms with E-state index in [-0.39, 0.29) is 12.7 Å². The highest BCUT2D eigenvalue weighted by Gasteiger charge is 2.13. The molecule has 4 N–H and O–H groups in total. The predicted octanol–water partition coefficient (Wildman–Crippen LogP) is 2.09. The summed E-state index contributed by atoms with van der Waals surface area (Å²) < 4.78 is 9.69. The number of ether oxygens (including phenoxy) is 1. The van der Waals surface area contributed by atoms with Crippen molar-refractivity contribution in [2.45, 2.75) is 39.2 Å². The molecular weight excluding hydrogens is 238 g/mol. The van der Waals surface area contributed by atoms with E-state index in [4.69, 9.17) is 15.6 Å². The van der Waals surface area contributed by atoms with Gasteiger partial charge in [0.05, 0.1) is 6.10 Å². The summed E-state index contributed by atoms with van der Waals surface area (Å²) in [7, 11) is 0. The molecule has 0 atom stereocenters. The highest BCUT2D eigenvalue weighted by atomic mass is 32.1. The zero-order valence-corrected chi connectivity index (χ0v) is 11.2. The van der Waals surface area contributed by atoms with Crippen LogP contribution in [0.5, 0.6) is 5.75 Å². The highest BCUT2D eigenvalue weighted by molar-refractivity contribution is 7.11. The lowest BCUT2D eigenvalue weighted by Gasteiger charge is -2.11. The zero-order chi connectivity index (χ0) is 12.7. The minimum Gasteiger partial charge on any atom is -0.484 e. The first kappa shape index (κ1) is 14.1. The quantitative estimate of drug-likeness (QED) is 0.623. The molecule has 0 aliphatic carbocycles. The summed E-state index contributed by atoms with van der Waals surface area (Å²) in [6, 6.07) is 0. The van der Waals surface area contributed by atoms with Crippen molar-refractivity contribution in [3.63, 3.8) is 0 Å². The summed E-state index contributed by atoms with van der Waals surface area (Å²) in [6.07, 6.45) is 2.96. The van der Waals surface area contributed by atoms with Crippen molar-refractivity contribution in [1.29, 1.82) is 0 Å². The third kappa shape index (κ3) is 4.79. The Balaban J connectivity index is 2.42. The number of unbranched alkanes of at least 4 members (excludes halogenated alkanes) is 2. The Bertz CT molecular complexity index is 329. The Morgan fingerprint density at radius 1 is 1.41 bits per heavy atom. The maximum absolute atomic E-state index is 8.66. The number of hydrogen-bond acceptors (Lipinski definition) is 6. The summed E-state index contributed by atoms with van der Waals surface area (Å²) in [6.45, 7) is 5.02. The molecule has 1 aromatic rings. The second kappa shape index (κ2) is 7.34. The van der Waals surface area contributed by atoms with Crippen molar-refractivity contribution < 1.29 is 9.84 Å². The normalized spacial score (nSPS) is 10.8. The van der Waals surface area contributed by atoms with E-state index in [0.717, 1.165) is 30.8 Å². The van der Waals surface area contributed by atoms with Crippen LogP contribution in [-0.4, -0.2) is 28.7 Å². The molecule has 0 unspecified atom stereocenters. The van der Waals surface area contributed by atoms with Crippen molar-refractivity contribution in [3.05, 3.63) is 0 Å². The van der Waals surface area contributed by atoms with Crippen molar-refractivity contribution in [2.24, 2.45) is 0 Å². The van der Waals surface area contributed by atoms with Crippen LogP contribution in [0.4, 0.5) is 10.8 Å². The van der Waals surface area contributed by atoms with Crippen LogP contribution in [0, 0.1) is 0 Å². The Hall–Kier alpha value is -1.01. The van der Waals surface area contributed by atoms with E-state index in [2.05, 4.69) is 9.69 Å². The average molecular weight is 259 g/mol. The number of anilines is 2. The number of aromatic nitrogens is 1. The van der Waals surface area contributed by atoms with E-state index in [1.165, 1.54) is 11.5 Å². The van der Waals surface area contributed by atoms with E-state index >= 15 is 0 Å². The van der Waals surface area contributed by atoms with Gasteiger partial charge in [0.25, 0.3) is 0 Å². The fourth-order valence-electron chi connectivity index (χ4n) is 1.37. The van der Waals surface area contributed by atoms with Crippen LogP contribution in [0.25, 0.3) is 0 Å². The smallest absolute Gasteiger partial charge is 0.197 e. The first-order chi connectivity index (χ1) is 8.15. The van der Waals surface area contributed by atoms with Gasteiger partial charge in [-0.25, -0.2) is 0 Å². The Morgan fingerprint density at radius 2 is 2.18 bits per heavy atom. The maximum Gasteiger partial charge on any atom is 0.197 e. The molecule has 0 aliphatic rings. The number of nitrogen functional groups attached to an aromatic ring is 1. The molecule has 0 saturated heterocycles. The number of nitrogens with two attached hydrogens (primary N) is 1. The van der Waals surface area contributed by atoms with E-state index in [0.29, 0.717) is 11.6 Å². The molecule has 0 fully saturated rings. The minimum atomic E-state index is 0.0867. The number of rotatable bonds is 8. The Kier molecular flexibility index (Phi) is 6.07. The third-order valence-corrected chi connectivity index (χ3v) is 2.95.